The quantitative estimate of drug-likeness (QED) is 0.864. The van der Waals surface area contributed by atoms with Crippen LogP contribution in [0.4, 0.5) is 0 Å². The van der Waals surface area contributed by atoms with Crippen LogP contribution in [0.5, 0.6) is 5.88 Å². The van der Waals surface area contributed by atoms with E-state index in [-0.39, 0.29) is 0 Å². The average molecular weight is 336 g/mol. The van der Waals surface area contributed by atoms with Gasteiger partial charge < -0.3 is 14.2 Å². The van der Waals surface area contributed by atoms with E-state index in [0.717, 1.165) is 15.6 Å². The van der Waals surface area contributed by atoms with Gasteiger partial charge in [0, 0.05) is 16.2 Å². The molecule has 3 rings (SSSR count). The smallest absolute Gasteiger partial charge is 0.227 e. The molecule has 4 nitrogen and oxygen atoms in total. The summed E-state index contributed by atoms with van der Waals surface area (Å²) in [7, 11) is 1.59. The van der Waals surface area contributed by atoms with E-state index >= 15 is 0 Å². The maximum Gasteiger partial charge on any atom is 0.227 e. The minimum absolute atomic E-state index is 0.511. The second kappa shape index (κ2) is 5.52. The van der Waals surface area contributed by atoms with E-state index in [9.17, 15) is 0 Å². The molecule has 5 heteroatoms. The van der Waals surface area contributed by atoms with Gasteiger partial charge in [-0.1, -0.05) is 28.1 Å². The molecule has 0 bridgehead atoms. The monoisotopic (exact) mass is 335 g/mol. The Morgan fingerprint density at radius 1 is 1.15 bits per heavy atom. The number of nitrogens with zero attached hydrogens (tertiary/aromatic N) is 1. The van der Waals surface area contributed by atoms with Crippen molar-refractivity contribution in [2.75, 3.05) is 20.3 Å². The highest BCUT2D eigenvalue weighted by atomic mass is 79.9. The van der Waals surface area contributed by atoms with E-state index in [1.54, 1.807) is 13.3 Å². The summed E-state index contributed by atoms with van der Waals surface area (Å²) in [4.78, 5) is 4.24. The standard InChI is InChI=1S/C15H14BrNO3/c1-18-14-13(3-2-8-17-14)15(19-9-10-20-15)11-4-6-12(16)7-5-11/h2-8H,9-10H2,1H3. The van der Waals surface area contributed by atoms with Gasteiger partial charge in [-0.3, -0.25) is 0 Å². The zero-order chi connectivity index (χ0) is 14.0. The Kier molecular flexibility index (Phi) is 3.74. The molecule has 0 spiro atoms. The molecule has 0 radical (unpaired) electrons. The number of hydrogen-bond acceptors (Lipinski definition) is 4. The predicted octanol–water partition coefficient (Wildman–Crippen LogP) is 3.10. The van der Waals surface area contributed by atoms with Crippen molar-refractivity contribution >= 4 is 15.9 Å². The molecule has 1 aliphatic rings. The topological polar surface area (TPSA) is 40.6 Å². The molecule has 20 heavy (non-hydrogen) atoms. The van der Waals surface area contributed by atoms with Crippen LogP contribution in [0, 0.1) is 0 Å². The van der Waals surface area contributed by atoms with Crippen LogP contribution in [0.2, 0.25) is 0 Å². The van der Waals surface area contributed by atoms with Gasteiger partial charge in [-0.25, -0.2) is 4.98 Å². The van der Waals surface area contributed by atoms with Gasteiger partial charge in [-0.2, -0.15) is 0 Å². The SMILES string of the molecule is COc1ncccc1C1(c2ccc(Br)cc2)OCCO1. The lowest BCUT2D eigenvalue weighted by Crippen LogP contribution is -2.29. The zero-order valence-corrected chi connectivity index (χ0v) is 12.6. The molecule has 1 saturated heterocycles. The fourth-order valence-corrected chi connectivity index (χ4v) is 2.63. The summed E-state index contributed by atoms with van der Waals surface area (Å²) in [6.07, 6.45) is 1.69. The fraction of sp³-hybridized carbons (Fsp3) is 0.267. The number of halogens is 1. The fourth-order valence-electron chi connectivity index (χ4n) is 2.36. The molecule has 1 fully saturated rings. The molecule has 0 amide bonds. The van der Waals surface area contributed by atoms with Gasteiger partial charge in [-0.05, 0) is 24.3 Å². The molecule has 0 atom stereocenters. The normalized spacial score (nSPS) is 17.1. The van der Waals surface area contributed by atoms with Crippen LogP contribution in [0.3, 0.4) is 0 Å². The molecule has 2 heterocycles. The Hall–Kier alpha value is -1.43. The molecule has 104 valence electrons. The van der Waals surface area contributed by atoms with Crippen molar-refractivity contribution in [1.29, 1.82) is 0 Å². The van der Waals surface area contributed by atoms with E-state index in [1.807, 2.05) is 36.4 Å². The summed E-state index contributed by atoms with van der Waals surface area (Å²) < 4.78 is 18.2. The predicted molar refractivity (Wildman–Crippen MR) is 77.6 cm³/mol. The third kappa shape index (κ3) is 2.22. The Balaban J connectivity index is 2.15. The van der Waals surface area contributed by atoms with Gasteiger partial charge in [-0.15, -0.1) is 0 Å². The van der Waals surface area contributed by atoms with Crippen LogP contribution >= 0.6 is 15.9 Å². The van der Waals surface area contributed by atoms with Crippen LogP contribution < -0.4 is 4.74 Å². The summed E-state index contributed by atoms with van der Waals surface area (Å²) >= 11 is 3.44. The largest absolute Gasteiger partial charge is 0.481 e. The molecule has 1 aromatic heterocycles. The highest BCUT2D eigenvalue weighted by Crippen LogP contribution is 2.41. The van der Waals surface area contributed by atoms with Crippen LogP contribution in [0.15, 0.2) is 47.1 Å². The molecule has 0 saturated carbocycles. The molecular formula is C15H14BrNO3. The molecule has 0 unspecified atom stereocenters. The number of ether oxygens (including phenoxy) is 3. The van der Waals surface area contributed by atoms with E-state index < -0.39 is 5.79 Å². The van der Waals surface area contributed by atoms with E-state index in [4.69, 9.17) is 14.2 Å². The van der Waals surface area contributed by atoms with Crippen LogP contribution in [0.25, 0.3) is 0 Å². The van der Waals surface area contributed by atoms with Crippen LogP contribution in [-0.4, -0.2) is 25.3 Å². The number of rotatable bonds is 3. The molecule has 1 aliphatic heterocycles. The maximum absolute atomic E-state index is 5.94. The maximum atomic E-state index is 5.94. The van der Waals surface area contributed by atoms with Gasteiger partial charge in [0.25, 0.3) is 0 Å². The lowest BCUT2D eigenvalue weighted by molar-refractivity contribution is -0.131. The molecule has 0 aliphatic carbocycles. The van der Waals surface area contributed by atoms with Gasteiger partial charge >= 0.3 is 0 Å². The third-order valence-electron chi connectivity index (χ3n) is 3.24. The molecule has 1 aromatic carbocycles. The summed E-state index contributed by atoms with van der Waals surface area (Å²) in [6, 6.07) is 11.6. The second-order valence-corrected chi connectivity index (χ2v) is 5.30. The van der Waals surface area contributed by atoms with Crippen molar-refractivity contribution in [1.82, 2.24) is 4.98 Å². The Morgan fingerprint density at radius 3 is 2.50 bits per heavy atom. The minimum Gasteiger partial charge on any atom is -0.481 e. The van der Waals surface area contributed by atoms with E-state index in [0.29, 0.717) is 19.1 Å². The number of benzene rings is 1. The second-order valence-electron chi connectivity index (χ2n) is 4.38. The Bertz CT molecular complexity index is 594. The average Bonchev–Trinajstić information content (AvgIpc) is 2.98. The van der Waals surface area contributed by atoms with Crippen molar-refractivity contribution in [3.63, 3.8) is 0 Å². The number of pyridine rings is 1. The molecule has 2 aromatic rings. The summed E-state index contributed by atoms with van der Waals surface area (Å²) in [5, 5.41) is 0. The van der Waals surface area contributed by atoms with Crippen molar-refractivity contribution in [2.45, 2.75) is 5.79 Å². The first kappa shape index (κ1) is 13.5. The van der Waals surface area contributed by atoms with Crippen molar-refractivity contribution in [3.8, 4) is 5.88 Å². The molecular weight excluding hydrogens is 322 g/mol. The summed E-state index contributed by atoms with van der Waals surface area (Å²) in [5.74, 6) is -0.433. The summed E-state index contributed by atoms with van der Waals surface area (Å²) in [5.41, 5.74) is 1.70. The number of methoxy groups -OCH3 is 1. The van der Waals surface area contributed by atoms with Gasteiger partial charge in [0.2, 0.25) is 11.7 Å². The molecule has 0 N–H and O–H groups in total. The summed E-state index contributed by atoms with van der Waals surface area (Å²) in [6.45, 7) is 1.07. The zero-order valence-electron chi connectivity index (χ0n) is 11.0. The van der Waals surface area contributed by atoms with Crippen molar-refractivity contribution < 1.29 is 14.2 Å². The first-order chi connectivity index (χ1) is 9.76. The van der Waals surface area contributed by atoms with Gasteiger partial charge in [0.1, 0.15) is 0 Å². The Morgan fingerprint density at radius 2 is 1.85 bits per heavy atom. The lowest BCUT2D eigenvalue weighted by Gasteiger charge is -2.29. The number of hydrogen-bond donors (Lipinski definition) is 0. The minimum atomic E-state index is -0.944. The van der Waals surface area contributed by atoms with Gasteiger partial charge in [0.15, 0.2) is 0 Å². The Labute approximate surface area is 125 Å². The van der Waals surface area contributed by atoms with Gasteiger partial charge in [0.05, 0.1) is 25.9 Å². The van der Waals surface area contributed by atoms with Crippen LogP contribution in [0.1, 0.15) is 11.1 Å². The first-order valence-electron chi connectivity index (χ1n) is 6.30. The first-order valence-corrected chi connectivity index (χ1v) is 7.09. The van der Waals surface area contributed by atoms with Crippen molar-refractivity contribution in [2.24, 2.45) is 0 Å². The van der Waals surface area contributed by atoms with Crippen molar-refractivity contribution in [3.05, 3.63) is 58.2 Å². The third-order valence-corrected chi connectivity index (χ3v) is 3.77. The highest BCUT2D eigenvalue weighted by Gasteiger charge is 2.43. The van der Waals surface area contributed by atoms with Crippen LogP contribution in [-0.2, 0) is 15.3 Å². The lowest BCUT2D eigenvalue weighted by atomic mass is 9.98. The van der Waals surface area contributed by atoms with E-state index in [2.05, 4.69) is 20.9 Å². The van der Waals surface area contributed by atoms with E-state index in [1.165, 1.54) is 0 Å². The number of aromatic nitrogens is 1. The highest BCUT2D eigenvalue weighted by molar-refractivity contribution is 9.10.